The lowest BCUT2D eigenvalue weighted by Gasteiger charge is -2.45. The molecule has 0 spiro atoms. The summed E-state index contributed by atoms with van der Waals surface area (Å²) in [4.78, 5) is 0. The summed E-state index contributed by atoms with van der Waals surface area (Å²) >= 11 is 0. The maximum atomic E-state index is 5.95. The van der Waals surface area contributed by atoms with Gasteiger partial charge in [-0.15, -0.1) is 0 Å². The fraction of sp³-hybridized carbons (Fsp3) is 0.857. The van der Waals surface area contributed by atoms with Gasteiger partial charge in [0.25, 0.3) is 0 Å². The lowest BCUT2D eigenvalue weighted by molar-refractivity contribution is -0.0864. The van der Waals surface area contributed by atoms with Crippen LogP contribution < -0.4 is 11.1 Å². The molecule has 0 saturated carbocycles. The largest absolute Gasteiger partial charge is 0.376 e. The van der Waals surface area contributed by atoms with Crippen LogP contribution in [0.2, 0.25) is 0 Å². The molecular formula is C14H28N2O2. The van der Waals surface area contributed by atoms with E-state index in [4.69, 9.17) is 15.2 Å². The molecule has 4 nitrogen and oxygen atoms in total. The summed E-state index contributed by atoms with van der Waals surface area (Å²) in [6.45, 7) is 13.6. The van der Waals surface area contributed by atoms with Crippen molar-refractivity contribution in [1.82, 2.24) is 5.32 Å². The Bertz CT molecular complexity index is 279. The first-order valence-electron chi connectivity index (χ1n) is 6.70. The van der Waals surface area contributed by atoms with Crippen LogP contribution in [0.25, 0.3) is 0 Å². The SMILES string of the molecule is C=C(C)COCCNC1(CN)CCOC(C)(C)C1. The van der Waals surface area contributed by atoms with Crippen molar-refractivity contribution in [3.05, 3.63) is 12.2 Å². The van der Waals surface area contributed by atoms with Crippen molar-refractivity contribution in [2.75, 3.05) is 32.9 Å². The third-order valence-corrected chi connectivity index (χ3v) is 3.32. The van der Waals surface area contributed by atoms with Gasteiger partial charge in [-0.3, -0.25) is 0 Å². The molecule has 1 aliphatic rings. The van der Waals surface area contributed by atoms with E-state index in [0.29, 0.717) is 19.8 Å². The van der Waals surface area contributed by atoms with Gasteiger partial charge < -0.3 is 20.5 Å². The average Bonchev–Trinajstić information content (AvgIpc) is 2.27. The molecule has 3 N–H and O–H groups in total. The summed E-state index contributed by atoms with van der Waals surface area (Å²) in [5, 5.41) is 3.55. The minimum Gasteiger partial charge on any atom is -0.376 e. The zero-order chi connectivity index (χ0) is 13.6. The van der Waals surface area contributed by atoms with Crippen molar-refractivity contribution >= 4 is 0 Å². The summed E-state index contributed by atoms with van der Waals surface area (Å²) in [5.41, 5.74) is 6.90. The minimum absolute atomic E-state index is 0.00562. The first kappa shape index (κ1) is 15.6. The molecule has 0 aromatic carbocycles. The van der Waals surface area contributed by atoms with Gasteiger partial charge in [-0.1, -0.05) is 12.2 Å². The Morgan fingerprint density at radius 3 is 2.78 bits per heavy atom. The van der Waals surface area contributed by atoms with E-state index >= 15 is 0 Å². The van der Waals surface area contributed by atoms with Crippen LogP contribution in [0.5, 0.6) is 0 Å². The predicted octanol–water partition coefficient (Wildman–Crippen LogP) is 1.46. The zero-order valence-electron chi connectivity index (χ0n) is 12.1. The van der Waals surface area contributed by atoms with Crippen LogP contribution in [0.1, 0.15) is 33.6 Å². The second kappa shape index (κ2) is 6.66. The highest BCUT2D eigenvalue weighted by atomic mass is 16.5. The Kier molecular flexibility index (Phi) is 5.79. The van der Waals surface area contributed by atoms with Gasteiger partial charge in [0.05, 0.1) is 18.8 Å². The van der Waals surface area contributed by atoms with E-state index in [1.165, 1.54) is 0 Å². The lowest BCUT2D eigenvalue weighted by atomic mass is 9.81. The Labute approximate surface area is 111 Å². The number of hydrogen-bond acceptors (Lipinski definition) is 4. The Hall–Kier alpha value is -0.420. The first-order chi connectivity index (χ1) is 8.39. The van der Waals surface area contributed by atoms with E-state index in [1.54, 1.807) is 0 Å². The number of hydrogen-bond donors (Lipinski definition) is 2. The molecule has 1 aliphatic heterocycles. The monoisotopic (exact) mass is 256 g/mol. The molecule has 0 amide bonds. The highest BCUT2D eigenvalue weighted by Gasteiger charge is 2.39. The maximum absolute atomic E-state index is 5.95. The molecule has 0 aromatic rings. The van der Waals surface area contributed by atoms with Gasteiger partial charge in [0, 0.05) is 25.2 Å². The molecule has 0 bridgehead atoms. The summed E-state index contributed by atoms with van der Waals surface area (Å²) in [6, 6.07) is 0. The molecule has 1 rings (SSSR count). The highest BCUT2D eigenvalue weighted by Crippen LogP contribution is 2.31. The molecule has 18 heavy (non-hydrogen) atoms. The van der Waals surface area contributed by atoms with Gasteiger partial charge in [-0.05, 0) is 33.6 Å². The van der Waals surface area contributed by atoms with Gasteiger partial charge >= 0.3 is 0 Å². The van der Waals surface area contributed by atoms with Crippen LogP contribution in [-0.2, 0) is 9.47 Å². The zero-order valence-corrected chi connectivity index (χ0v) is 12.1. The van der Waals surface area contributed by atoms with E-state index < -0.39 is 0 Å². The van der Waals surface area contributed by atoms with Gasteiger partial charge in [0.15, 0.2) is 0 Å². The van der Waals surface area contributed by atoms with Gasteiger partial charge in [-0.2, -0.15) is 0 Å². The second-order valence-corrected chi connectivity index (χ2v) is 5.96. The van der Waals surface area contributed by atoms with Gasteiger partial charge in [0.2, 0.25) is 0 Å². The Balaban J connectivity index is 2.34. The van der Waals surface area contributed by atoms with Crippen LogP contribution in [0.15, 0.2) is 12.2 Å². The molecule has 1 heterocycles. The Morgan fingerprint density at radius 2 is 2.22 bits per heavy atom. The van der Waals surface area contributed by atoms with E-state index in [9.17, 15) is 0 Å². The summed E-state index contributed by atoms with van der Waals surface area (Å²) < 4.78 is 11.2. The summed E-state index contributed by atoms with van der Waals surface area (Å²) in [5.74, 6) is 0. The normalized spacial score (nSPS) is 27.1. The third-order valence-electron chi connectivity index (χ3n) is 3.32. The lowest BCUT2D eigenvalue weighted by Crippen LogP contribution is -2.59. The van der Waals surface area contributed by atoms with E-state index in [-0.39, 0.29) is 11.1 Å². The van der Waals surface area contributed by atoms with Crippen molar-refractivity contribution < 1.29 is 9.47 Å². The quantitative estimate of drug-likeness (QED) is 0.535. The van der Waals surface area contributed by atoms with Crippen LogP contribution >= 0.6 is 0 Å². The molecule has 0 aliphatic carbocycles. The Morgan fingerprint density at radius 1 is 1.50 bits per heavy atom. The standard InChI is InChI=1S/C14H28N2O2/c1-12(2)9-17-8-6-16-14(11-15)5-7-18-13(3,4)10-14/h16H,1,5-11,15H2,2-4H3. The molecule has 1 atom stereocenters. The number of nitrogens with two attached hydrogens (primary N) is 1. The summed E-state index contributed by atoms with van der Waals surface area (Å²) in [6.07, 6.45) is 1.91. The minimum atomic E-state index is -0.0941. The predicted molar refractivity (Wildman–Crippen MR) is 74.7 cm³/mol. The van der Waals surface area contributed by atoms with Crippen LogP contribution in [-0.4, -0.2) is 44.1 Å². The van der Waals surface area contributed by atoms with Crippen LogP contribution in [0.3, 0.4) is 0 Å². The van der Waals surface area contributed by atoms with Crippen molar-refractivity contribution in [2.45, 2.75) is 44.8 Å². The summed E-state index contributed by atoms with van der Waals surface area (Å²) in [7, 11) is 0. The average molecular weight is 256 g/mol. The molecule has 1 fully saturated rings. The van der Waals surface area contributed by atoms with Crippen molar-refractivity contribution in [2.24, 2.45) is 5.73 Å². The van der Waals surface area contributed by atoms with Crippen molar-refractivity contribution in [3.63, 3.8) is 0 Å². The highest BCUT2D eigenvalue weighted by molar-refractivity contribution is 4.97. The topological polar surface area (TPSA) is 56.5 Å². The molecular weight excluding hydrogens is 228 g/mol. The molecule has 4 heteroatoms. The van der Waals surface area contributed by atoms with Gasteiger partial charge in [-0.25, -0.2) is 0 Å². The van der Waals surface area contributed by atoms with E-state index in [1.807, 2.05) is 6.92 Å². The third kappa shape index (κ3) is 5.06. The van der Waals surface area contributed by atoms with Crippen molar-refractivity contribution in [3.8, 4) is 0 Å². The number of rotatable bonds is 7. The fourth-order valence-electron chi connectivity index (χ4n) is 2.51. The van der Waals surface area contributed by atoms with Crippen LogP contribution in [0, 0.1) is 0 Å². The first-order valence-corrected chi connectivity index (χ1v) is 6.70. The van der Waals surface area contributed by atoms with Gasteiger partial charge in [0.1, 0.15) is 0 Å². The number of nitrogens with one attached hydrogen (secondary N) is 1. The fourth-order valence-corrected chi connectivity index (χ4v) is 2.51. The van der Waals surface area contributed by atoms with Crippen LogP contribution in [0.4, 0.5) is 0 Å². The number of ether oxygens (including phenoxy) is 2. The maximum Gasteiger partial charge on any atom is 0.0672 e. The molecule has 0 radical (unpaired) electrons. The molecule has 106 valence electrons. The molecule has 0 aromatic heterocycles. The molecule has 1 unspecified atom stereocenters. The van der Waals surface area contributed by atoms with E-state index in [0.717, 1.165) is 31.6 Å². The van der Waals surface area contributed by atoms with Crippen molar-refractivity contribution in [1.29, 1.82) is 0 Å². The molecule has 1 saturated heterocycles. The smallest absolute Gasteiger partial charge is 0.0672 e. The second-order valence-electron chi connectivity index (χ2n) is 5.96. The van der Waals surface area contributed by atoms with E-state index in [2.05, 4.69) is 25.7 Å².